The van der Waals surface area contributed by atoms with Crippen molar-refractivity contribution in [2.45, 2.75) is 37.6 Å². The van der Waals surface area contributed by atoms with Crippen LogP contribution in [0.4, 0.5) is 4.79 Å². The van der Waals surface area contributed by atoms with Gasteiger partial charge in [-0.2, -0.15) is 11.8 Å². The average molecular weight is 471 g/mol. The normalized spacial score (nSPS) is 13.0. The second-order valence-corrected chi connectivity index (χ2v) is 8.93. The third-order valence-electron chi connectivity index (χ3n) is 5.69. The Morgan fingerprint density at radius 2 is 1.67 bits per heavy atom. The summed E-state index contributed by atoms with van der Waals surface area (Å²) in [6.45, 7) is 0.647. The zero-order chi connectivity index (χ0) is 23.6. The van der Waals surface area contributed by atoms with Crippen LogP contribution in [0.2, 0.25) is 0 Å². The van der Waals surface area contributed by atoms with Crippen molar-refractivity contribution in [3.05, 3.63) is 59.7 Å². The summed E-state index contributed by atoms with van der Waals surface area (Å²) in [5.41, 5.74) is 4.68. The summed E-state index contributed by atoms with van der Waals surface area (Å²) in [5.74, 6) is -0.625. The zero-order valence-electron chi connectivity index (χ0n) is 18.7. The number of benzene rings is 2. The fraction of sp³-hybridized carbons (Fsp3) is 0.400. The van der Waals surface area contributed by atoms with Crippen LogP contribution < -0.4 is 10.6 Å². The zero-order valence-corrected chi connectivity index (χ0v) is 19.5. The molecule has 7 nitrogen and oxygen atoms in total. The first-order valence-electron chi connectivity index (χ1n) is 11.1. The number of hydrogen-bond acceptors (Lipinski definition) is 5. The van der Waals surface area contributed by atoms with E-state index in [1.54, 1.807) is 11.8 Å². The fourth-order valence-electron chi connectivity index (χ4n) is 4.01. The standard InChI is InChI=1S/C25H30N2O5S/c1-33-15-13-22(24(29)30)27-23(28)12-6-7-14-26-25(31)32-16-21-19-10-4-2-8-17(19)18-9-3-5-11-20(18)21/h2-5,8-11,21-22H,6-7,12-16H2,1H3,(H,26,31)(H,27,28)(H,29,30)/t22-/m0/s1. The molecule has 1 aliphatic carbocycles. The Labute approximate surface area is 198 Å². The van der Waals surface area contributed by atoms with Crippen molar-refractivity contribution in [3.8, 4) is 11.1 Å². The fourth-order valence-corrected chi connectivity index (χ4v) is 4.48. The van der Waals surface area contributed by atoms with Gasteiger partial charge in [-0.15, -0.1) is 0 Å². The monoisotopic (exact) mass is 470 g/mol. The molecule has 0 bridgehead atoms. The maximum atomic E-state index is 12.2. The summed E-state index contributed by atoms with van der Waals surface area (Å²) in [7, 11) is 0. The predicted molar refractivity (Wildman–Crippen MR) is 129 cm³/mol. The Balaban J connectivity index is 1.36. The highest BCUT2D eigenvalue weighted by Crippen LogP contribution is 2.44. The molecule has 1 atom stereocenters. The molecular formula is C25H30N2O5S. The first-order valence-corrected chi connectivity index (χ1v) is 12.5. The van der Waals surface area contributed by atoms with Gasteiger partial charge in [0.2, 0.25) is 5.91 Å². The molecule has 3 N–H and O–H groups in total. The van der Waals surface area contributed by atoms with Crippen molar-refractivity contribution in [2.75, 3.05) is 25.2 Å². The second-order valence-electron chi connectivity index (χ2n) is 7.95. The van der Waals surface area contributed by atoms with Crippen molar-refractivity contribution in [2.24, 2.45) is 0 Å². The molecule has 3 rings (SSSR count). The molecule has 2 amide bonds. The number of carboxylic acid groups (broad SMARTS) is 1. The van der Waals surface area contributed by atoms with Gasteiger partial charge >= 0.3 is 12.1 Å². The molecule has 0 aromatic heterocycles. The molecule has 0 saturated heterocycles. The number of amides is 2. The first-order chi connectivity index (χ1) is 16.0. The topological polar surface area (TPSA) is 105 Å². The minimum absolute atomic E-state index is 0.0140. The molecule has 0 heterocycles. The minimum Gasteiger partial charge on any atom is -0.480 e. The number of ether oxygens (including phenoxy) is 1. The van der Waals surface area contributed by atoms with Gasteiger partial charge in [0.25, 0.3) is 0 Å². The molecule has 8 heteroatoms. The lowest BCUT2D eigenvalue weighted by Crippen LogP contribution is -2.41. The number of alkyl carbamates (subject to hydrolysis) is 1. The van der Waals surface area contributed by atoms with E-state index in [0.29, 0.717) is 31.6 Å². The maximum absolute atomic E-state index is 12.2. The van der Waals surface area contributed by atoms with Gasteiger partial charge < -0.3 is 20.5 Å². The Hall–Kier alpha value is -3.00. The van der Waals surface area contributed by atoms with Crippen LogP contribution in [0.5, 0.6) is 0 Å². The van der Waals surface area contributed by atoms with Crippen LogP contribution in [0, 0.1) is 0 Å². The third-order valence-corrected chi connectivity index (χ3v) is 6.33. The molecular weight excluding hydrogens is 440 g/mol. The van der Waals surface area contributed by atoms with Crippen LogP contribution in [-0.4, -0.2) is 54.3 Å². The number of carbonyl (C=O) groups excluding carboxylic acids is 2. The summed E-state index contributed by atoms with van der Waals surface area (Å²) in [5, 5.41) is 14.5. The number of unbranched alkanes of at least 4 members (excludes halogenated alkanes) is 1. The van der Waals surface area contributed by atoms with E-state index >= 15 is 0 Å². The molecule has 0 saturated carbocycles. The largest absolute Gasteiger partial charge is 0.480 e. The predicted octanol–water partition coefficient (Wildman–Crippen LogP) is 4.02. The van der Waals surface area contributed by atoms with E-state index in [1.807, 2.05) is 30.5 Å². The number of aliphatic carboxylic acids is 1. The Bertz CT molecular complexity index is 935. The van der Waals surface area contributed by atoms with Crippen LogP contribution in [0.25, 0.3) is 11.1 Å². The van der Waals surface area contributed by atoms with E-state index < -0.39 is 18.1 Å². The Kier molecular flexibility index (Phi) is 9.18. The van der Waals surface area contributed by atoms with Crippen LogP contribution >= 0.6 is 11.8 Å². The number of carboxylic acids is 1. The molecule has 0 spiro atoms. The molecule has 0 fully saturated rings. The summed E-state index contributed by atoms with van der Waals surface area (Å²) in [6.07, 6.45) is 3.17. The summed E-state index contributed by atoms with van der Waals surface area (Å²) >= 11 is 1.54. The SMILES string of the molecule is CSCC[C@H](NC(=O)CCCCNC(=O)OCC1c2ccccc2-c2ccccc21)C(=O)O. The van der Waals surface area contributed by atoms with Crippen LogP contribution in [0.3, 0.4) is 0 Å². The Morgan fingerprint density at radius 3 is 2.27 bits per heavy atom. The molecule has 33 heavy (non-hydrogen) atoms. The van der Waals surface area contributed by atoms with Gasteiger partial charge in [-0.1, -0.05) is 48.5 Å². The second kappa shape index (κ2) is 12.3. The smallest absolute Gasteiger partial charge is 0.407 e. The van der Waals surface area contributed by atoms with E-state index in [4.69, 9.17) is 4.74 Å². The van der Waals surface area contributed by atoms with Gasteiger partial charge in [0.1, 0.15) is 12.6 Å². The molecule has 2 aromatic rings. The highest BCUT2D eigenvalue weighted by Gasteiger charge is 2.29. The molecule has 176 valence electrons. The summed E-state index contributed by atoms with van der Waals surface area (Å²) in [4.78, 5) is 35.3. The minimum atomic E-state index is -1.02. The van der Waals surface area contributed by atoms with Crippen LogP contribution in [0.1, 0.15) is 42.7 Å². The quantitative estimate of drug-likeness (QED) is 0.405. The van der Waals surface area contributed by atoms with Gasteiger partial charge in [0, 0.05) is 18.9 Å². The third kappa shape index (κ3) is 6.74. The summed E-state index contributed by atoms with van der Waals surface area (Å²) < 4.78 is 5.49. The van der Waals surface area contributed by atoms with E-state index in [1.165, 1.54) is 11.1 Å². The van der Waals surface area contributed by atoms with E-state index in [0.717, 1.165) is 11.1 Å². The maximum Gasteiger partial charge on any atom is 0.407 e. The lowest BCUT2D eigenvalue weighted by atomic mass is 9.98. The van der Waals surface area contributed by atoms with Crippen LogP contribution in [0.15, 0.2) is 48.5 Å². The lowest BCUT2D eigenvalue weighted by Gasteiger charge is -2.15. The van der Waals surface area contributed by atoms with E-state index in [-0.39, 0.29) is 24.9 Å². The van der Waals surface area contributed by atoms with Crippen molar-refractivity contribution >= 4 is 29.7 Å². The number of nitrogens with one attached hydrogen (secondary N) is 2. The highest BCUT2D eigenvalue weighted by molar-refractivity contribution is 7.98. The van der Waals surface area contributed by atoms with Crippen LogP contribution in [-0.2, 0) is 14.3 Å². The van der Waals surface area contributed by atoms with Crippen molar-refractivity contribution in [3.63, 3.8) is 0 Å². The number of thioether (sulfide) groups is 1. The van der Waals surface area contributed by atoms with Gasteiger partial charge in [-0.3, -0.25) is 4.79 Å². The average Bonchev–Trinajstić information content (AvgIpc) is 3.13. The molecule has 2 aromatic carbocycles. The van der Waals surface area contributed by atoms with E-state index in [2.05, 4.69) is 34.9 Å². The number of fused-ring (bicyclic) bond motifs is 3. The Morgan fingerprint density at radius 1 is 1.03 bits per heavy atom. The molecule has 0 unspecified atom stereocenters. The number of rotatable bonds is 12. The van der Waals surface area contributed by atoms with Gasteiger partial charge in [-0.25, -0.2) is 9.59 Å². The van der Waals surface area contributed by atoms with Gasteiger partial charge in [0.05, 0.1) is 0 Å². The van der Waals surface area contributed by atoms with Crippen molar-refractivity contribution in [1.82, 2.24) is 10.6 Å². The first kappa shape index (κ1) is 24.6. The van der Waals surface area contributed by atoms with Crippen molar-refractivity contribution < 1.29 is 24.2 Å². The van der Waals surface area contributed by atoms with E-state index in [9.17, 15) is 19.5 Å². The number of hydrogen-bond donors (Lipinski definition) is 3. The lowest BCUT2D eigenvalue weighted by molar-refractivity contribution is -0.141. The van der Waals surface area contributed by atoms with Crippen molar-refractivity contribution in [1.29, 1.82) is 0 Å². The highest BCUT2D eigenvalue weighted by atomic mass is 32.2. The molecule has 0 radical (unpaired) electrons. The molecule has 0 aliphatic heterocycles. The summed E-state index contributed by atoms with van der Waals surface area (Å²) in [6, 6.07) is 15.5. The van der Waals surface area contributed by atoms with Gasteiger partial charge in [-0.05, 0) is 53.5 Å². The van der Waals surface area contributed by atoms with Gasteiger partial charge in [0.15, 0.2) is 0 Å². The number of carbonyl (C=O) groups is 3. The molecule has 1 aliphatic rings.